The van der Waals surface area contributed by atoms with Gasteiger partial charge in [-0.05, 0) is 30.0 Å². The standard InChI is InChI=1S/C19H28O2/c1-2-3-4-5-6-7-8-9-12-17-13-10-11-14-18(17)15-16-19(20)21/h10-11,13-16H,2-9,12H2,1H3,(H,20,21). The topological polar surface area (TPSA) is 37.3 Å². The summed E-state index contributed by atoms with van der Waals surface area (Å²) >= 11 is 0. The van der Waals surface area contributed by atoms with E-state index in [4.69, 9.17) is 5.11 Å². The quantitative estimate of drug-likeness (QED) is 0.433. The average molecular weight is 288 g/mol. The van der Waals surface area contributed by atoms with Crippen LogP contribution < -0.4 is 0 Å². The van der Waals surface area contributed by atoms with Gasteiger partial charge in [-0.25, -0.2) is 4.79 Å². The molecule has 0 spiro atoms. The lowest BCUT2D eigenvalue weighted by Gasteiger charge is -2.06. The van der Waals surface area contributed by atoms with Crippen molar-refractivity contribution in [3.8, 4) is 0 Å². The minimum atomic E-state index is -0.892. The average Bonchev–Trinajstić information content (AvgIpc) is 2.48. The van der Waals surface area contributed by atoms with Gasteiger partial charge in [0.25, 0.3) is 0 Å². The number of hydrogen-bond donors (Lipinski definition) is 1. The molecule has 0 saturated carbocycles. The first-order valence-electron chi connectivity index (χ1n) is 8.23. The predicted molar refractivity (Wildman–Crippen MR) is 89.4 cm³/mol. The largest absolute Gasteiger partial charge is 0.478 e. The van der Waals surface area contributed by atoms with Crippen molar-refractivity contribution >= 4 is 12.0 Å². The summed E-state index contributed by atoms with van der Waals surface area (Å²) in [5.74, 6) is -0.892. The third-order valence-electron chi connectivity index (χ3n) is 3.76. The number of hydrogen-bond acceptors (Lipinski definition) is 1. The molecule has 0 heterocycles. The molecule has 2 heteroatoms. The molecule has 0 amide bonds. The molecular weight excluding hydrogens is 260 g/mol. The van der Waals surface area contributed by atoms with Crippen molar-refractivity contribution in [3.63, 3.8) is 0 Å². The van der Waals surface area contributed by atoms with Gasteiger partial charge in [0.15, 0.2) is 0 Å². The van der Waals surface area contributed by atoms with Crippen molar-refractivity contribution < 1.29 is 9.90 Å². The fraction of sp³-hybridized carbons (Fsp3) is 0.526. The van der Waals surface area contributed by atoms with E-state index in [9.17, 15) is 4.79 Å². The number of carbonyl (C=O) groups is 1. The predicted octanol–water partition coefficient (Wildman–Crippen LogP) is 5.47. The van der Waals surface area contributed by atoms with E-state index in [0.717, 1.165) is 12.0 Å². The highest BCUT2D eigenvalue weighted by molar-refractivity contribution is 5.85. The highest BCUT2D eigenvalue weighted by Crippen LogP contribution is 2.15. The Morgan fingerprint density at radius 3 is 2.29 bits per heavy atom. The van der Waals surface area contributed by atoms with Gasteiger partial charge in [-0.1, -0.05) is 76.1 Å². The summed E-state index contributed by atoms with van der Waals surface area (Å²) in [7, 11) is 0. The first-order chi connectivity index (χ1) is 10.2. The Morgan fingerprint density at radius 1 is 1.00 bits per heavy atom. The van der Waals surface area contributed by atoms with Gasteiger partial charge in [0.2, 0.25) is 0 Å². The molecule has 0 aliphatic rings. The van der Waals surface area contributed by atoms with Crippen LogP contribution in [0.15, 0.2) is 30.3 Å². The number of carboxylic acids is 1. The van der Waals surface area contributed by atoms with Crippen LogP contribution in [0.2, 0.25) is 0 Å². The van der Waals surface area contributed by atoms with Crippen LogP contribution in [0.3, 0.4) is 0 Å². The van der Waals surface area contributed by atoms with Crippen LogP contribution in [-0.2, 0) is 11.2 Å². The Balaban J connectivity index is 2.27. The van der Waals surface area contributed by atoms with Crippen LogP contribution in [0.1, 0.15) is 69.4 Å². The van der Waals surface area contributed by atoms with E-state index in [-0.39, 0.29) is 0 Å². The van der Waals surface area contributed by atoms with Crippen molar-refractivity contribution in [3.05, 3.63) is 41.5 Å². The summed E-state index contributed by atoms with van der Waals surface area (Å²) < 4.78 is 0. The van der Waals surface area contributed by atoms with Crippen molar-refractivity contribution in [2.24, 2.45) is 0 Å². The minimum Gasteiger partial charge on any atom is -0.478 e. The maximum Gasteiger partial charge on any atom is 0.328 e. The van der Waals surface area contributed by atoms with E-state index < -0.39 is 5.97 Å². The fourth-order valence-electron chi connectivity index (χ4n) is 2.53. The summed E-state index contributed by atoms with van der Waals surface area (Å²) in [6.45, 7) is 2.25. The highest BCUT2D eigenvalue weighted by Gasteiger charge is 2.00. The van der Waals surface area contributed by atoms with E-state index >= 15 is 0 Å². The summed E-state index contributed by atoms with van der Waals surface area (Å²) in [6, 6.07) is 8.07. The molecule has 1 rings (SSSR count). The first kappa shape index (κ1) is 17.5. The highest BCUT2D eigenvalue weighted by atomic mass is 16.4. The SMILES string of the molecule is CCCCCCCCCCc1ccccc1C=CC(=O)O. The summed E-state index contributed by atoms with van der Waals surface area (Å²) in [5, 5.41) is 8.71. The lowest BCUT2D eigenvalue weighted by atomic mass is 10.00. The van der Waals surface area contributed by atoms with E-state index in [1.807, 2.05) is 18.2 Å². The van der Waals surface area contributed by atoms with Crippen LogP contribution in [0.4, 0.5) is 0 Å². The lowest BCUT2D eigenvalue weighted by Crippen LogP contribution is -1.92. The second-order valence-electron chi connectivity index (χ2n) is 5.60. The Labute approximate surface area is 128 Å². The Morgan fingerprint density at radius 2 is 1.62 bits per heavy atom. The molecule has 116 valence electrons. The molecule has 0 aliphatic heterocycles. The van der Waals surface area contributed by atoms with Gasteiger partial charge in [0.05, 0.1) is 0 Å². The van der Waals surface area contributed by atoms with Crippen molar-refractivity contribution in [2.75, 3.05) is 0 Å². The molecule has 0 unspecified atom stereocenters. The Hall–Kier alpha value is -1.57. The molecular formula is C19H28O2. The first-order valence-corrected chi connectivity index (χ1v) is 8.23. The summed E-state index contributed by atoms with van der Waals surface area (Å²) in [6.07, 6.45) is 14.5. The van der Waals surface area contributed by atoms with Gasteiger partial charge in [-0.2, -0.15) is 0 Å². The summed E-state index contributed by atoms with van der Waals surface area (Å²) in [5.41, 5.74) is 2.28. The second kappa shape index (κ2) is 11.1. The maximum atomic E-state index is 10.6. The van der Waals surface area contributed by atoms with Crippen molar-refractivity contribution in [2.45, 2.75) is 64.7 Å². The molecule has 0 aromatic heterocycles. The monoisotopic (exact) mass is 288 g/mol. The van der Waals surface area contributed by atoms with Crippen LogP contribution >= 0.6 is 0 Å². The van der Waals surface area contributed by atoms with Crippen LogP contribution in [0.25, 0.3) is 6.08 Å². The number of benzene rings is 1. The number of rotatable bonds is 11. The number of aliphatic carboxylic acids is 1. The van der Waals surface area contributed by atoms with E-state index in [0.29, 0.717) is 0 Å². The molecule has 0 aliphatic carbocycles. The third-order valence-corrected chi connectivity index (χ3v) is 3.76. The minimum absolute atomic E-state index is 0.892. The molecule has 2 nitrogen and oxygen atoms in total. The zero-order valence-corrected chi connectivity index (χ0v) is 13.2. The van der Waals surface area contributed by atoms with E-state index in [2.05, 4.69) is 13.0 Å². The molecule has 1 aromatic rings. The van der Waals surface area contributed by atoms with Crippen molar-refractivity contribution in [1.82, 2.24) is 0 Å². The van der Waals surface area contributed by atoms with Crippen LogP contribution in [0, 0.1) is 0 Å². The molecule has 21 heavy (non-hydrogen) atoms. The van der Waals surface area contributed by atoms with Gasteiger partial charge in [-0.3, -0.25) is 0 Å². The molecule has 0 bridgehead atoms. The Bertz CT molecular complexity index is 435. The number of aryl methyl sites for hydroxylation is 1. The molecule has 1 aromatic carbocycles. The molecule has 0 saturated heterocycles. The molecule has 0 fully saturated rings. The van der Waals surface area contributed by atoms with Crippen LogP contribution in [-0.4, -0.2) is 11.1 Å². The fourth-order valence-corrected chi connectivity index (χ4v) is 2.53. The van der Waals surface area contributed by atoms with Crippen molar-refractivity contribution in [1.29, 1.82) is 0 Å². The van der Waals surface area contributed by atoms with Gasteiger partial charge in [0.1, 0.15) is 0 Å². The normalized spacial score (nSPS) is 11.1. The van der Waals surface area contributed by atoms with E-state index in [1.54, 1.807) is 6.08 Å². The zero-order valence-electron chi connectivity index (χ0n) is 13.2. The van der Waals surface area contributed by atoms with Gasteiger partial charge >= 0.3 is 5.97 Å². The van der Waals surface area contributed by atoms with Gasteiger partial charge < -0.3 is 5.11 Å². The maximum absolute atomic E-state index is 10.6. The number of carboxylic acid groups (broad SMARTS) is 1. The third kappa shape index (κ3) is 8.34. The Kier molecular flexibility index (Phi) is 9.26. The zero-order chi connectivity index (χ0) is 15.3. The van der Waals surface area contributed by atoms with Gasteiger partial charge in [-0.15, -0.1) is 0 Å². The molecule has 0 atom stereocenters. The second-order valence-corrected chi connectivity index (χ2v) is 5.60. The smallest absolute Gasteiger partial charge is 0.328 e. The molecule has 1 N–H and O–H groups in total. The lowest BCUT2D eigenvalue weighted by molar-refractivity contribution is -0.131. The number of unbranched alkanes of at least 4 members (excludes halogenated alkanes) is 7. The van der Waals surface area contributed by atoms with E-state index in [1.165, 1.54) is 63.0 Å². The molecule has 0 radical (unpaired) electrons. The van der Waals surface area contributed by atoms with Gasteiger partial charge in [0, 0.05) is 6.08 Å². The van der Waals surface area contributed by atoms with Crippen LogP contribution in [0.5, 0.6) is 0 Å². The summed E-state index contributed by atoms with van der Waals surface area (Å²) in [4.78, 5) is 10.6.